The summed E-state index contributed by atoms with van der Waals surface area (Å²) in [4.78, 5) is 0. The largest absolute Gasteiger partial charge is 0.623 e. The number of hydrogen-bond donors (Lipinski definition) is 0. The molecule has 0 aliphatic heterocycles. The predicted molar refractivity (Wildman–Crippen MR) is 114 cm³/mol. The van der Waals surface area contributed by atoms with Gasteiger partial charge < -0.3 is 5.21 Å². The molecule has 2 aliphatic rings. The van der Waals surface area contributed by atoms with Crippen molar-refractivity contribution in [1.82, 2.24) is 0 Å². The third kappa shape index (κ3) is 4.66. The number of nitrogens with zero attached hydrogens (tertiary/aromatic N) is 1. The molecular weight excluding hydrogens is 318 g/mol. The fourth-order valence-corrected chi connectivity index (χ4v) is 3.34. The van der Waals surface area contributed by atoms with E-state index in [4.69, 9.17) is 0 Å². The molecule has 0 fully saturated rings. The van der Waals surface area contributed by atoms with Gasteiger partial charge in [0.05, 0.1) is 0 Å². The van der Waals surface area contributed by atoms with E-state index in [0.717, 1.165) is 16.7 Å². The fourth-order valence-electron chi connectivity index (χ4n) is 3.34. The van der Waals surface area contributed by atoms with Crippen molar-refractivity contribution in [3.8, 4) is 11.1 Å². The zero-order valence-electron chi connectivity index (χ0n) is 17.6. The zero-order chi connectivity index (χ0) is 19.5. The fraction of sp³-hybridized carbons (Fsp3) is 0.542. The van der Waals surface area contributed by atoms with Crippen LogP contribution in [-0.2, 0) is 6.42 Å². The SMILES string of the molecule is CCCCCc1cc(C=[N+]([O-])C(C)(C)C)c2cc(C(C)C)ccc(C)c1-2. The summed E-state index contributed by atoms with van der Waals surface area (Å²) in [7, 11) is 0. The molecule has 0 aromatic heterocycles. The maximum atomic E-state index is 12.6. The van der Waals surface area contributed by atoms with Gasteiger partial charge in [0.2, 0.25) is 0 Å². The molecule has 0 bridgehead atoms. The molecule has 0 aromatic carbocycles. The van der Waals surface area contributed by atoms with Crippen molar-refractivity contribution >= 4 is 6.21 Å². The van der Waals surface area contributed by atoms with Crippen LogP contribution >= 0.6 is 0 Å². The minimum Gasteiger partial charge on any atom is -0.623 e. The Morgan fingerprint density at radius 1 is 1.12 bits per heavy atom. The van der Waals surface area contributed by atoms with Crippen LogP contribution in [0.25, 0.3) is 11.1 Å². The van der Waals surface area contributed by atoms with Crippen LogP contribution in [0, 0.1) is 12.1 Å². The van der Waals surface area contributed by atoms with Gasteiger partial charge in [0.25, 0.3) is 0 Å². The number of hydroxylamine groups is 1. The molecule has 26 heavy (non-hydrogen) atoms. The van der Waals surface area contributed by atoms with Gasteiger partial charge in [-0.25, -0.2) is 4.74 Å². The average Bonchev–Trinajstić information content (AvgIpc) is 2.76. The number of fused-ring (bicyclic) bond motifs is 1. The zero-order valence-corrected chi connectivity index (χ0v) is 17.6. The van der Waals surface area contributed by atoms with Gasteiger partial charge in [-0.2, -0.15) is 0 Å². The first-order chi connectivity index (χ1) is 12.1. The summed E-state index contributed by atoms with van der Waals surface area (Å²) in [5.74, 6) is 0.460. The highest BCUT2D eigenvalue weighted by Crippen LogP contribution is 2.36. The number of unbranched alkanes of at least 4 members (excludes halogenated alkanes) is 2. The molecule has 0 spiro atoms. The van der Waals surface area contributed by atoms with Gasteiger partial charge >= 0.3 is 0 Å². The number of aryl methyl sites for hydroxylation is 2. The van der Waals surface area contributed by atoms with Crippen LogP contribution in [0.2, 0.25) is 0 Å². The topological polar surface area (TPSA) is 26.1 Å². The van der Waals surface area contributed by atoms with Crippen LogP contribution < -0.4 is 0 Å². The molecule has 0 saturated heterocycles. The lowest BCUT2D eigenvalue weighted by molar-refractivity contribution is -0.530. The number of hydrogen-bond acceptors (Lipinski definition) is 1. The lowest BCUT2D eigenvalue weighted by atomic mass is 9.98. The molecule has 0 amide bonds. The van der Waals surface area contributed by atoms with Gasteiger partial charge in [-0.3, -0.25) is 0 Å². The van der Waals surface area contributed by atoms with Crippen molar-refractivity contribution in [2.45, 2.75) is 85.6 Å². The van der Waals surface area contributed by atoms with Crippen molar-refractivity contribution in [1.29, 1.82) is 0 Å². The summed E-state index contributed by atoms with van der Waals surface area (Å²) in [5, 5.41) is 12.6. The Bertz CT molecular complexity index is 750. The first kappa shape index (κ1) is 20.5. The molecule has 2 rings (SSSR count). The molecule has 0 radical (unpaired) electrons. The Morgan fingerprint density at radius 2 is 1.81 bits per heavy atom. The van der Waals surface area contributed by atoms with Crippen LogP contribution in [0.3, 0.4) is 0 Å². The minimum atomic E-state index is -0.432. The highest BCUT2D eigenvalue weighted by Gasteiger charge is 2.22. The van der Waals surface area contributed by atoms with E-state index in [1.165, 1.54) is 47.1 Å². The highest BCUT2D eigenvalue weighted by atomic mass is 16.5. The quantitative estimate of drug-likeness (QED) is 0.187. The summed E-state index contributed by atoms with van der Waals surface area (Å²) in [6.45, 7) is 14.7. The summed E-state index contributed by atoms with van der Waals surface area (Å²) < 4.78 is 1.09. The van der Waals surface area contributed by atoms with E-state index in [2.05, 4.69) is 52.0 Å². The van der Waals surface area contributed by atoms with E-state index in [9.17, 15) is 5.21 Å². The van der Waals surface area contributed by atoms with Crippen molar-refractivity contribution in [2.24, 2.45) is 0 Å². The smallest absolute Gasteiger partial charge is 0.182 e. The van der Waals surface area contributed by atoms with Crippen molar-refractivity contribution in [3.05, 3.63) is 51.7 Å². The molecule has 0 atom stereocenters. The first-order valence-electron chi connectivity index (χ1n) is 10.0. The minimum absolute atomic E-state index is 0.432. The van der Waals surface area contributed by atoms with Crippen LogP contribution in [0.5, 0.6) is 0 Å². The van der Waals surface area contributed by atoms with E-state index < -0.39 is 5.54 Å². The maximum Gasteiger partial charge on any atom is 0.182 e. The van der Waals surface area contributed by atoms with Gasteiger partial charge in [-0.1, -0.05) is 51.8 Å². The Balaban J connectivity index is 2.65. The molecule has 2 aliphatic carbocycles. The monoisotopic (exact) mass is 353 g/mol. The summed E-state index contributed by atoms with van der Waals surface area (Å²) in [6.07, 6.45) is 6.53. The second kappa shape index (κ2) is 8.24. The Morgan fingerprint density at radius 3 is 2.38 bits per heavy atom. The van der Waals surface area contributed by atoms with Crippen molar-refractivity contribution in [2.75, 3.05) is 0 Å². The molecule has 0 aromatic rings. The van der Waals surface area contributed by atoms with Gasteiger partial charge in [0.15, 0.2) is 11.8 Å². The Hall–Kier alpha value is -1.83. The van der Waals surface area contributed by atoms with Crippen LogP contribution in [0.1, 0.15) is 89.0 Å². The van der Waals surface area contributed by atoms with Gasteiger partial charge in [-0.05, 0) is 59.6 Å². The molecule has 0 heterocycles. The summed E-state index contributed by atoms with van der Waals surface area (Å²) >= 11 is 0. The van der Waals surface area contributed by atoms with Gasteiger partial charge in [0.1, 0.15) is 0 Å². The maximum absolute atomic E-state index is 12.6. The standard InChI is InChI=1S/C24H35NO/c1-8-9-10-11-20-14-21(16-25(26)24(5,6)7)22-15-19(17(2)3)13-12-18(4)23(20)22/h12-17H,8-11H2,1-7H3. The molecule has 142 valence electrons. The van der Waals surface area contributed by atoms with Crippen LogP contribution in [0.15, 0.2) is 24.3 Å². The molecule has 2 heteroatoms. The number of rotatable bonds is 6. The van der Waals surface area contributed by atoms with E-state index in [-0.39, 0.29) is 0 Å². The summed E-state index contributed by atoms with van der Waals surface area (Å²) in [5.41, 5.74) is 7.17. The van der Waals surface area contributed by atoms with Gasteiger partial charge in [-0.15, -0.1) is 0 Å². The molecule has 0 N–H and O–H groups in total. The molecule has 0 saturated carbocycles. The Labute approximate surface area is 159 Å². The van der Waals surface area contributed by atoms with E-state index in [0.29, 0.717) is 5.92 Å². The molecule has 2 nitrogen and oxygen atoms in total. The molecule has 0 unspecified atom stereocenters. The second-order valence-corrected chi connectivity index (χ2v) is 8.81. The predicted octanol–water partition coefficient (Wildman–Crippen LogP) is 6.68. The van der Waals surface area contributed by atoms with Crippen LogP contribution in [-0.4, -0.2) is 16.5 Å². The van der Waals surface area contributed by atoms with Crippen molar-refractivity contribution < 1.29 is 4.74 Å². The first-order valence-corrected chi connectivity index (χ1v) is 10.0. The third-order valence-electron chi connectivity index (χ3n) is 5.10. The third-order valence-corrected chi connectivity index (χ3v) is 5.10. The lowest BCUT2D eigenvalue weighted by Gasteiger charge is -2.18. The van der Waals surface area contributed by atoms with Gasteiger partial charge in [0, 0.05) is 26.3 Å². The van der Waals surface area contributed by atoms with E-state index in [1.54, 1.807) is 6.21 Å². The summed E-state index contributed by atoms with van der Waals surface area (Å²) in [6, 6.07) is 9.01. The van der Waals surface area contributed by atoms with Crippen molar-refractivity contribution in [3.63, 3.8) is 0 Å². The molecular formula is C24H35NO. The second-order valence-electron chi connectivity index (χ2n) is 8.81. The van der Waals surface area contributed by atoms with E-state index >= 15 is 0 Å². The highest BCUT2D eigenvalue weighted by molar-refractivity contribution is 5.93. The normalized spacial score (nSPS) is 13.0. The average molecular weight is 354 g/mol. The van der Waals surface area contributed by atoms with Crippen LogP contribution in [0.4, 0.5) is 0 Å². The Kier molecular flexibility index (Phi) is 6.49. The lowest BCUT2D eigenvalue weighted by Crippen LogP contribution is -2.29. The van der Waals surface area contributed by atoms with E-state index in [1.807, 2.05) is 20.8 Å².